The molecule has 9 nitrogen and oxygen atoms in total. The summed E-state index contributed by atoms with van der Waals surface area (Å²) in [7, 11) is 0. The number of H-pyrrole nitrogens is 1. The van der Waals surface area contributed by atoms with Crippen molar-refractivity contribution in [3.63, 3.8) is 0 Å². The zero-order chi connectivity index (χ0) is 22.5. The molecular weight excluding hydrogens is 426 g/mol. The molecule has 4 aromatic heterocycles. The molecule has 34 heavy (non-hydrogen) atoms. The maximum Gasteiger partial charge on any atom is 0.137 e. The summed E-state index contributed by atoms with van der Waals surface area (Å²) >= 11 is 0. The highest BCUT2D eigenvalue weighted by Gasteiger charge is 2.21. The molecule has 0 atom stereocenters. The van der Waals surface area contributed by atoms with Crippen molar-refractivity contribution in [2.45, 2.75) is 32.4 Å². The number of nitrogens with zero attached hydrogens (tertiary/aromatic N) is 7. The Morgan fingerprint density at radius 2 is 2.03 bits per heavy atom. The van der Waals surface area contributed by atoms with E-state index in [0.717, 1.165) is 65.6 Å². The third kappa shape index (κ3) is 3.71. The number of aromatic amines is 1. The second-order valence-corrected chi connectivity index (χ2v) is 9.58. The van der Waals surface area contributed by atoms with E-state index in [4.69, 9.17) is 4.98 Å². The number of anilines is 1. The van der Waals surface area contributed by atoms with Crippen molar-refractivity contribution in [2.75, 3.05) is 24.5 Å². The predicted octanol–water partition coefficient (Wildman–Crippen LogP) is 3.23. The van der Waals surface area contributed by atoms with E-state index in [0.29, 0.717) is 6.54 Å². The van der Waals surface area contributed by atoms with Crippen LogP contribution in [0, 0.1) is 5.92 Å². The van der Waals surface area contributed by atoms with Crippen LogP contribution in [-0.4, -0.2) is 54.2 Å². The smallest absolute Gasteiger partial charge is 0.137 e. The first-order valence-corrected chi connectivity index (χ1v) is 12.1. The minimum Gasteiger partial charge on any atom is -0.368 e. The molecule has 2 aliphatic rings. The lowest BCUT2D eigenvalue weighted by molar-refractivity contribution is 0.301. The van der Waals surface area contributed by atoms with Gasteiger partial charge in [-0.15, -0.1) is 5.10 Å². The minimum absolute atomic E-state index is 0.574. The summed E-state index contributed by atoms with van der Waals surface area (Å²) in [6.45, 7) is 4.78. The third-order valence-corrected chi connectivity index (χ3v) is 7.04. The van der Waals surface area contributed by atoms with Crippen molar-refractivity contribution in [1.29, 1.82) is 0 Å². The summed E-state index contributed by atoms with van der Waals surface area (Å²) in [6.07, 6.45) is 12.2. The van der Waals surface area contributed by atoms with Gasteiger partial charge in [0.05, 0.1) is 30.1 Å². The Hall–Kier alpha value is -3.72. The molecule has 1 aliphatic carbocycles. The van der Waals surface area contributed by atoms with Gasteiger partial charge in [0.2, 0.25) is 0 Å². The second kappa shape index (κ2) is 7.95. The molecule has 1 saturated carbocycles. The summed E-state index contributed by atoms with van der Waals surface area (Å²) < 4.78 is 3.96. The molecular formula is C25H27N9. The Balaban J connectivity index is 1.10. The first kappa shape index (κ1) is 19.7. The van der Waals surface area contributed by atoms with Gasteiger partial charge in [0, 0.05) is 48.7 Å². The quantitative estimate of drug-likeness (QED) is 0.351. The highest BCUT2D eigenvalue weighted by Crippen LogP contribution is 2.33. The van der Waals surface area contributed by atoms with Crippen molar-refractivity contribution in [2.24, 2.45) is 5.92 Å². The topological polar surface area (TPSA) is 91.7 Å². The van der Waals surface area contributed by atoms with E-state index < -0.39 is 0 Å². The highest BCUT2D eigenvalue weighted by molar-refractivity contribution is 5.96. The first-order valence-electron chi connectivity index (χ1n) is 12.1. The number of fused-ring (bicyclic) bond motifs is 2. The van der Waals surface area contributed by atoms with Gasteiger partial charge in [-0.25, -0.2) is 9.67 Å². The van der Waals surface area contributed by atoms with Gasteiger partial charge in [0.25, 0.3) is 0 Å². The molecule has 5 aromatic rings. The van der Waals surface area contributed by atoms with E-state index in [-0.39, 0.29) is 0 Å². The van der Waals surface area contributed by atoms with Crippen molar-refractivity contribution in [3.05, 3.63) is 60.3 Å². The van der Waals surface area contributed by atoms with Gasteiger partial charge >= 0.3 is 0 Å². The van der Waals surface area contributed by atoms with E-state index in [1.807, 2.05) is 17.1 Å². The molecule has 2 fully saturated rings. The fraction of sp³-hybridized carbons (Fsp3) is 0.360. The molecule has 1 aromatic carbocycles. The summed E-state index contributed by atoms with van der Waals surface area (Å²) in [6, 6.07) is 8.58. The molecule has 1 aliphatic heterocycles. The molecule has 7 rings (SSSR count). The van der Waals surface area contributed by atoms with Crippen molar-refractivity contribution in [3.8, 4) is 11.3 Å². The zero-order valence-electron chi connectivity index (χ0n) is 19.0. The lowest BCUT2D eigenvalue weighted by atomic mass is 9.85. The fourth-order valence-electron chi connectivity index (χ4n) is 4.79. The van der Waals surface area contributed by atoms with Gasteiger partial charge in [0.15, 0.2) is 0 Å². The monoisotopic (exact) mass is 453 g/mol. The Labute approximate surface area is 196 Å². The molecule has 0 bridgehead atoms. The predicted molar refractivity (Wildman–Crippen MR) is 131 cm³/mol. The molecule has 0 amide bonds. The van der Waals surface area contributed by atoms with Crippen LogP contribution in [0.5, 0.6) is 0 Å². The summed E-state index contributed by atoms with van der Waals surface area (Å²) in [5.41, 5.74) is 7.29. The number of nitrogens with one attached hydrogen (secondary N) is 2. The van der Waals surface area contributed by atoms with Crippen molar-refractivity contribution in [1.82, 2.24) is 39.9 Å². The van der Waals surface area contributed by atoms with Crippen LogP contribution >= 0.6 is 0 Å². The molecule has 2 N–H and O–H groups in total. The number of imidazole rings is 1. The van der Waals surface area contributed by atoms with Gasteiger partial charge in [-0.05, 0) is 49.1 Å². The molecule has 0 radical (unpaired) electrons. The van der Waals surface area contributed by atoms with E-state index in [1.165, 1.54) is 30.5 Å². The SMILES string of the molecule is c1cc2nc(Cn3cc(-c4cc(N5CC5)cc5[nH]ncc45)nn3)cn2cc1CNCC1CCC1. The Kier molecular flexibility index (Phi) is 4.61. The van der Waals surface area contributed by atoms with Gasteiger partial charge in [-0.3, -0.25) is 5.10 Å². The van der Waals surface area contributed by atoms with Crippen LogP contribution in [0.3, 0.4) is 0 Å². The second-order valence-electron chi connectivity index (χ2n) is 9.58. The summed E-state index contributed by atoms with van der Waals surface area (Å²) in [4.78, 5) is 7.10. The van der Waals surface area contributed by atoms with Crippen LogP contribution in [0.4, 0.5) is 5.69 Å². The van der Waals surface area contributed by atoms with Crippen molar-refractivity contribution < 1.29 is 0 Å². The highest BCUT2D eigenvalue weighted by atomic mass is 15.4. The average Bonchev–Trinajstić information content (AvgIpc) is 3.19. The Morgan fingerprint density at radius 3 is 2.88 bits per heavy atom. The number of pyridine rings is 1. The summed E-state index contributed by atoms with van der Waals surface area (Å²) in [5.74, 6) is 0.870. The lowest BCUT2D eigenvalue weighted by Gasteiger charge is -2.25. The Bertz CT molecular complexity index is 1470. The van der Waals surface area contributed by atoms with Gasteiger partial charge in [-0.1, -0.05) is 17.7 Å². The minimum atomic E-state index is 0.574. The van der Waals surface area contributed by atoms with Gasteiger partial charge < -0.3 is 14.6 Å². The molecule has 9 heteroatoms. The third-order valence-electron chi connectivity index (χ3n) is 7.04. The zero-order valence-corrected chi connectivity index (χ0v) is 19.0. The van der Waals surface area contributed by atoms with Crippen LogP contribution in [0.15, 0.2) is 49.1 Å². The van der Waals surface area contributed by atoms with Crippen LogP contribution in [0.2, 0.25) is 0 Å². The average molecular weight is 454 g/mol. The van der Waals surface area contributed by atoms with Gasteiger partial charge in [-0.2, -0.15) is 5.10 Å². The van der Waals surface area contributed by atoms with Crippen LogP contribution < -0.4 is 10.2 Å². The maximum atomic E-state index is 4.78. The number of benzene rings is 1. The fourth-order valence-corrected chi connectivity index (χ4v) is 4.79. The van der Waals surface area contributed by atoms with E-state index >= 15 is 0 Å². The number of rotatable bonds is 8. The summed E-state index contributed by atoms with van der Waals surface area (Å²) in [5, 5.41) is 20.8. The number of aromatic nitrogens is 7. The molecule has 5 heterocycles. The van der Waals surface area contributed by atoms with Crippen LogP contribution in [0.1, 0.15) is 30.5 Å². The van der Waals surface area contributed by atoms with Crippen molar-refractivity contribution >= 4 is 22.2 Å². The largest absolute Gasteiger partial charge is 0.368 e. The Morgan fingerprint density at radius 1 is 1.09 bits per heavy atom. The normalized spacial score (nSPS) is 15.9. The first-order chi connectivity index (χ1) is 16.8. The van der Waals surface area contributed by atoms with E-state index in [9.17, 15) is 0 Å². The van der Waals surface area contributed by atoms with E-state index in [2.05, 4.69) is 71.8 Å². The van der Waals surface area contributed by atoms with E-state index in [1.54, 1.807) is 0 Å². The molecule has 0 unspecified atom stereocenters. The molecule has 1 saturated heterocycles. The molecule has 0 spiro atoms. The van der Waals surface area contributed by atoms with Crippen LogP contribution in [0.25, 0.3) is 27.8 Å². The number of hydrogen-bond acceptors (Lipinski definition) is 6. The lowest BCUT2D eigenvalue weighted by Crippen LogP contribution is -2.26. The number of hydrogen-bond donors (Lipinski definition) is 2. The molecule has 172 valence electrons. The maximum absolute atomic E-state index is 4.78. The van der Waals surface area contributed by atoms with Gasteiger partial charge in [0.1, 0.15) is 11.3 Å². The van der Waals surface area contributed by atoms with Crippen LogP contribution in [-0.2, 0) is 13.1 Å². The standard InChI is InChI=1S/C25H27N9/c1-2-17(3-1)10-26-11-18-4-5-25-28-19(14-33(25)13-18)15-34-16-24(30-31-34)21-8-20(32-6-7-32)9-23-22(21)12-27-29-23/h4-5,8-9,12-14,16-17,26H,1-3,6-7,10-11,15H2,(H,27,29).